The second-order valence-corrected chi connectivity index (χ2v) is 9.65. The van der Waals surface area contributed by atoms with Gasteiger partial charge in [-0.05, 0) is 65.8 Å². The van der Waals surface area contributed by atoms with E-state index in [9.17, 15) is 4.39 Å². The van der Waals surface area contributed by atoms with Crippen LogP contribution < -0.4 is 10.5 Å². The van der Waals surface area contributed by atoms with Crippen LogP contribution in [0.4, 0.5) is 4.39 Å². The minimum Gasteiger partial charge on any atom is -0.489 e. The molecule has 0 amide bonds. The van der Waals surface area contributed by atoms with E-state index < -0.39 is 11.5 Å². The van der Waals surface area contributed by atoms with Gasteiger partial charge in [-0.2, -0.15) is 0 Å². The maximum Gasteiger partial charge on any atom is 0.221 e. The molecule has 3 aromatic carbocycles. The lowest BCUT2D eigenvalue weighted by Gasteiger charge is -2.41. The zero-order chi connectivity index (χ0) is 23.4. The van der Waals surface area contributed by atoms with Gasteiger partial charge in [0.1, 0.15) is 17.7 Å². The van der Waals surface area contributed by atoms with E-state index in [1.807, 2.05) is 18.2 Å². The maximum absolute atomic E-state index is 13.7. The van der Waals surface area contributed by atoms with Crippen molar-refractivity contribution in [2.24, 2.45) is 10.7 Å². The topological polar surface area (TPSA) is 60.1 Å². The van der Waals surface area contributed by atoms with E-state index in [2.05, 4.69) is 24.3 Å². The Morgan fingerprint density at radius 1 is 1.12 bits per heavy atom. The van der Waals surface area contributed by atoms with Crippen LogP contribution in [0.2, 0.25) is 5.02 Å². The summed E-state index contributed by atoms with van der Waals surface area (Å²) in [6.07, 6.45) is 3.70. The van der Waals surface area contributed by atoms with E-state index in [0.29, 0.717) is 12.4 Å². The van der Waals surface area contributed by atoms with Crippen molar-refractivity contribution in [3.8, 4) is 16.9 Å². The van der Waals surface area contributed by atoms with E-state index >= 15 is 0 Å². The van der Waals surface area contributed by atoms with E-state index in [-0.39, 0.29) is 17.0 Å². The molecule has 3 aromatic rings. The van der Waals surface area contributed by atoms with Crippen LogP contribution in [-0.4, -0.2) is 24.2 Å². The second-order valence-electron chi connectivity index (χ2n) is 9.24. The summed E-state index contributed by atoms with van der Waals surface area (Å²) < 4.78 is 20.4. The monoisotopic (exact) mass is 477 g/mol. The van der Waals surface area contributed by atoms with Gasteiger partial charge in [0.15, 0.2) is 0 Å². The van der Waals surface area contributed by atoms with E-state index in [4.69, 9.17) is 31.9 Å². The van der Waals surface area contributed by atoms with Crippen LogP contribution >= 0.6 is 11.6 Å². The standard InChI is InChI=1S/C27H25ClFN3O2/c1-32-26(30)31-27(34-32)15-25(20-8-4-6-16-5-2-3-7-19(16)20)33-24-12-10-17(13-21(24)27)18-9-11-23(29)22(28)14-18/h2-3,5,7,9-14,20,25H,4,6,8,15H2,1H3,(H2,30,31)/t20-,25?,27-/m1/s1. The van der Waals surface area contributed by atoms with E-state index in [1.165, 1.54) is 22.3 Å². The van der Waals surface area contributed by atoms with E-state index in [0.717, 1.165) is 41.7 Å². The Kier molecular flexibility index (Phi) is 5.04. The van der Waals surface area contributed by atoms with Gasteiger partial charge in [0.25, 0.3) is 0 Å². The molecular formula is C27H25ClFN3O2. The number of benzene rings is 3. The Labute approximate surface area is 202 Å². The van der Waals surface area contributed by atoms with E-state index in [1.54, 1.807) is 19.2 Å². The molecule has 6 rings (SSSR count). The highest BCUT2D eigenvalue weighted by atomic mass is 35.5. The number of hydrogen-bond donors (Lipinski definition) is 1. The van der Waals surface area contributed by atoms with Crippen molar-refractivity contribution in [2.45, 2.75) is 43.4 Å². The SMILES string of the molecule is CN1O[C@@]2(CC([C@@H]3CCCc4ccccc43)Oc3ccc(-c4ccc(F)c(Cl)c4)cc32)N=C1N. The van der Waals surface area contributed by atoms with Crippen molar-refractivity contribution in [1.82, 2.24) is 5.06 Å². The van der Waals surface area contributed by atoms with Gasteiger partial charge in [-0.15, -0.1) is 0 Å². The van der Waals surface area contributed by atoms with Crippen LogP contribution in [0.25, 0.3) is 11.1 Å². The summed E-state index contributed by atoms with van der Waals surface area (Å²) in [5.41, 5.74) is 10.4. The van der Waals surface area contributed by atoms with Gasteiger partial charge in [-0.3, -0.25) is 0 Å². The van der Waals surface area contributed by atoms with Crippen LogP contribution in [0.1, 0.15) is 41.9 Å². The summed E-state index contributed by atoms with van der Waals surface area (Å²) in [7, 11) is 1.76. The van der Waals surface area contributed by atoms with Crippen LogP contribution in [0.5, 0.6) is 5.75 Å². The molecule has 0 fully saturated rings. The molecule has 0 saturated carbocycles. The Hall–Kier alpha value is -3.09. The van der Waals surface area contributed by atoms with Crippen LogP contribution in [-0.2, 0) is 17.0 Å². The number of nitrogens with zero attached hydrogens (tertiary/aromatic N) is 2. The summed E-state index contributed by atoms with van der Waals surface area (Å²) in [5, 5.41) is 1.60. The van der Waals surface area contributed by atoms with Crippen molar-refractivity contribution >= 4 is 17.6 Å². The smallest absolute Gasteiger partial charge is 0.221 e. The van der Waals surface area contributed by atoms with Crippen molar-refractivity contribution in [2.75, 3.05) is 7.05 Å². The summed E-state index contributed by atoms with van der Waals surface area (Å²) in [5.74, 6) is 0.849. The molecule has 1 spiro atoms. The Bertz CT molecular complexity index is 1310. The number of hydrogen-bond acceptors (Lipinski definition) is 5. The largest absolute Gasteiger partial charge is 0.489 e. The highest BCUT2D eigenvalue weighted by Crippen LogP contribution is 2.51. The van der Waals surface area contributed by atoms with Crippen molar-refractivity contribution in [1.29, 1.82) is 0 Å². The van der Waals surface area contributed by atoms with Gasteiger partial charge in [0, 0.05) is 19.4 Å². The normalized spacial score (nSPS) is 25.5. The molecule has 0 aromatic heterocycles. The molecule has 2 aliphatic heterocycles. The average molecular weight is 478 g/mol. The molecule has 1 aliphatic carbocycles. The lowest BCUT2D eigenvalue weighted by molar-refractivity contribution is -0.192. The first kappa shape index (κ1) is 21.4. The zero-order valence-corrected chi connectivity index (χ0v) is 19.6. The third-order valence-corrected chi connectivity index (χ3v) is 7.47. The summed E-state index contributed by atoms with van der Waals surface area (Å²) >= 11 is 6.04. The number of rotatable bonds is 2. The molecule has 34 heavy (non-hydrogen) atoms. The lowest BCUT2D eigenvalue weighted by Crippen LogP contribution is -2.42. The molecule has 0 saturated heterocycles. The van der Waals surface area contributed by atoms with Gasteiger partial charge >= 0.3 is 0 Å². The fourth-order valence-electron chi connectivity index (χ4n) is 5.52. The second kappa shape index (κ2) is 8.00. The summed E-state index contributed by atoms with van der Waals surface area (Å²) in [6, 6.07) is 19.2. The number of nitrogens with two attached hydrogens (primary N) is 1. The van der Waals surface area contributed by atoms with Crippen molar-refractivity contribution < 1.29 is 14.0 Å². The molecule has 1 unspecified atom stereocenters. The molecule has 7 heteroatoms. The minimum atomic E-state index is -0.983. The molecular weight excluding hydrogens is 453 g/mol. The van der Waals surface area contributed by atoms with Gasteiger partial charge in [-0.1, -0.05) is 48.0 Å². The molecule has 174 valence electrons. The number of fused-ring (bicyclic) bond motifs is 3. The fourth-order valence-corrected chi connectivity index (χ4v) is 5.70. The first-order valence-electron chi connectivity index (χ1n) is 11.6. The van der Waals surface area contributed by atoms with Crippen LogP contribution in [0, 0.1) is 5.82 Å². The average Bonchev–Trinajstić information content (AvgIpc) is 3.13. The van der Waals surface area contributed by atoms with Gasteiger partial charge in [-0.25, -0.2) is 19.3 Å². The predicted molar refractivity (Wildman–Crippen MR) is 130 cm³/mol. The molecule has 0 bridgehead atoms. The Morgan fingerprint density at radius 3 is 2.71 bits per heavy atom. The zero-order valence-electron chi connectivity index (χ0n) is 18.8. The first-order chi connectivity index (χ1) is 16.4. The van der Waals surface area contributed by atoms with Crippen LogP contribution in [0.3, 0.4) is 0 Å². The minimum absolute atomic E-state index is 0.0799. The highest BCUT2D eigenvalue weighted by molar-refractivity contribution is 6.31. The molecule has 2 heterocycles. The lowest BCUT2D eigenvalue weighted by atomic mass is 9.76. The Morgan fingerprint density at radius 2 is 1.91 bits per heavy atom. The van der Waals surface area contributed by atoms with Gasteiger partial charge < -0.3 is 10.5 Å². The molecule has 3 aliphatic rings. The Balaban J connectivity index is 1.44. The third-order valence-electron chi connectivity index (χ3n) is 7.18. The van der Waals surface area contributed by atoms with Crippen molar-refractivity contribution in [3.05, 3.63) is 88.2 Å². The first-order valence-corrected chi connectivity index (χ1v) is 11.9. The number of aryl methyl sites for hydroxylation is 1. The molecule has 3 atom stereocenters. The molecule has 0 radical (unpaired) electrons. The van der Waals surface area contributed by atoms with Gasteiger partial charge in [0.05, 0.1) is 10.6 Å². The quantitative estimate of drug-likeness (QED) is 0.509. The summed E-state index contributed by atoms with van der Waals surface area (Å²) in [4.78, 5) is 11.1. The number of hydroxylamine groups is 2. The molecule has 2 N–H and O–H groups in total. The van der Waals surface area contributed by atoms with Crippen LogP contribution in [0.15, 0.2) is 65.7 Å². The number of aliphatic imine (C=N–C) groups is 1. The maximum atomic E-state index is 13.7. The highest BCUT2D eigenvalue weighted by Gasteiger charge is 2.50. The number of guanidine groups is 1. The third kappa shape index (κ3) is 3.44. The number of ether oxygens (including phenoxy) is 1. The number of halogens is 2. The molecule has 5 nitrogen and oxygen atoms in total. The van der Waals surface area contributed by atoms with Crippen molar-refractivity contribution in [3.63, 3.8) is 0 Å². The predicted octanol–water partition coefficient (Wildman–Crippen LogP) is 5.76. The van der Waals surface area contributed by atoms with Gasteiger partial charge in [0.2, 0.25) is 11.7 Å². The fraction of sp³-hybridized carbons (Fsp3) is 0.296. The summed E-state index contributed by atoms with van der Waals surface area (Å²) in [6.45, 7) is 0.